The first-order valence-corrected chi connectivity index (χ1v) is 11.6. The summed E-state index contributed by atoms with van der Waals surface area (Å²) in [5, 5.41) is 0. The number of likely N-dealkylation sites (N-methyl/N-ethyl adjacent to an activating group) is 1. The zero-order valence-electron chi connectivity index (χ0n) is 17.4. The fourth-order valence-electron chi connectivity index (χ4n) is 3.53. The highest BCUT2D eigenvalue weighted by molar-refractivity contribution is 7.89. The molecule has 0 unspecified atom stereocenters. The van der Waals surface area contributed by atoms with Gasteiger partial charge in [0.15, 0.2) is 0 Å². The maximum atomic E-state index is 13.1. The van der Waals surface area contributed by atoms with Gasteiger partial charge in [-0.25, -0.2) is 12.8 Å². The Bertz CT molecular complexity index is 971. The highest BCUT2D eigenvalue weighted by Gasteiger charge is 2.30. The van der Waals surface area contributed by atoms with Crippen molar-refractivity contribution >= 4 is 15.9 Å². The van der Waals surface area contributed by atoms with Crippen LogP contribution in [-0.4, -0.2) is 67.7 Å². The molecular formula is C22H28FN3O3S. The number of aryl methyl sites for hydroxylation is 1. The molecule has 0 aliphatic carbocycles. The average Bonchev–Trinajstić information content (AvgIpc) is 2.75. The number of amides is 1. The molecule has 0 atom stereocenters. The first kappa shape index (κ1) is 22.4. The second kappa shape index (κ2) is 9.68. The van der Waals surface area contributed by atoms with Crippen LogP contribution in [0, 0.1) is 12.7 Å². The number of nitrogens with zero attached hydrogens (tertiary/aromatic N) is 3. The van der Waals surface area contributed by atoms with Crippen molar-refractivity contribution in [1.29, 1.82) is 0 Å². The molecule has 1 saturated heterocycles. The van der Waals surface area contributed by atoms with E-state index in [2.05, 4.69) is 24.0 Å². The number of hydrogen-bond donors (Lipinski definition) is 0. The minimum atomic E-state index is -3.68. The van der Waals surface area contributed by atoms with E-state index in [0.717, 1.165) is 18.7 Å². The van der Waals surface area contributed by atoms with Gasteiger partial charge in [-0.1, -0.05) is 31.2 Å². The van der Waals surface area contributed by atoms with E-state index in [4.69, 9.17) is 0 Å². The van der Waals surface area contributed by atoms with Crippen molar-refractivity contribution < 1.29 is 17.6 Å². The number of hydrogen-bond acceptors (Lipinski definition) is 4. The van der Waals surface area contributed by atoms with Crippen LogP contribution >= 0.6 is 0 Å². The smallest absolute Gasteiger partial charge is 0.243 e. The van der Waals surface area contributed by atoms with Crippen LogP contribution in [0.25, 0.3) is 0 Å². The number of carbonyl (C=O) groups is 1. The lowest BCUT2D eigenvalue weighted by atomic mass is 10.1. The van der Waals surface area contributed by atoms with Gasteiger partial charge in [-0.15, -0.1) is 0 Å². The van der Waals surface area contributed by atoms with Crippen LogP contribution in [0.1, 0.15) is 18.1 Å². The van der Waals surface area contributed by atoms with Gasteiger partial charge in [-0.05, 0) is 48.9 Å². The summed E-state index contributed by atoms with van der Waals surface area (Å²) in [6.45, 7) is 7.00. The van der Waals surface area contributed by atoms with Crippen molar-refractivity contribution in [2.75, 3.05) is 39.3 Å². The second-order valence-corrected chi connectivity index (χ2v) is 9.41. The van der Waals surface area contributed by atoms with Gasteiger partial charge in [0.2, 0.25) is 15.9 Å². The standard InChI is InChI=1S/C22H28FN3O3S/c1-3-24(16-19-7-5-4-6-18(19)2)17-22(27)25-12-14-26(15-13-25)30(28,29)21-10-8-20(23)9-11-21/h4-11H,3,12-17H2,1-2H3. The molecule has 3 rings (SSSR count). The number of piperazine rings is 1. The fraction of sp³-hybridized carbons (Fsp3) is 0.409. The Morgan fingerprint density at radius 2 is 1.67 bits per heavy atom. The van der Waals surface area contributed by atoms with E-state index in [1.807, 2.05) is 19.1 Å². The van der Waals surface area contributed by atoms with E-state index in [0.29, 0.717) is 26.2 Å². The van der Waals surface area contributed by atoms with Crippen LogP contribution in [-0.2, 0) is 21.4 Å². The molecule has 30 heavy (non-hydrogen) atoms. The monoisotopic (exact) mass is 433 g/mol. The maximum absolute atomic E-state index is 13.1. The van der Waals surface area contributed by atoms with Crippen molar-refractivity contribution in [1.82, 2.24) is 14.1 Å². The molecule has 162 valence electrons. The molecule has 1 amide bonds. The van der Waals surface area contributed by atoms with Crippen molar-refractivity contribution in [3.05, 3.63) is 65.5 Å². The molecule has 1 aliphatic heterocycles. The third-order valence-corrected chi connectivity index (χ3v) is 7.42. The third-order valence-electron chi connectivity index (χ3n) is 5.50. The summed E-state index contributed by atoms with van der Waals surface area (Å²) in [5.41, 5.74) is 2.39. The van der Waals surface area contributed by atoms with Gasteiger partial charge >= 0.3 is 0 Å². The summed E-state index contributed by atoms with van der Waals surface area (Å²) >= 11 is 0. The van der Waals surface area contributed by atoms with E-state index >= 15 is 0 Å². The Kier molecular flexibility index (Phi) is 7.23. The van der Waals surface area contributed by atoms with Gasteiger partial charge in [0, 0.05) is 32.7 Å². The molecule has 1 heterocycles. The zero-order chi connectivity index (χ0) is 21.7. The van der Waals surface area contributed by atoms with Gasteiger partial charge in [-0.2, -0.15) is 4.31 Å². The lowest BCUT2D eigenvalue weighted by Gasteiger charge is -2.35. The number of sulfonamides is 1. The van der Waals surface area contributed by atoms with E-state index in [1.165, 1.54) is 27.6 Å². The summed E-state index contributed by atoms with van der Waals surface area (Å²) in [6.07, 6.45) is 0. The largest absolute Gasteiger partial charge is 0.339 e. The minimum absolute atomic E-state index is 0.00395. The van der Waals surface area contributed by atoms with Crippen LogP contribution in [0.3, 0.4) is 0 Å². The first-order valence-electron chi connectivity index (χ1n) is 10.1. The summed E-state index contributed by atoms with van der Waals surface area (Å²) in [6, 6.07) is 13.0. The lowest BCUT2D eigenvalue weighted by molar-refractivity contribution is -0.133. The lowest BCUT2D eigenvalue weighted by Crippen LogP contribution is -2.52. The second-order valence-electron chi connectivity index (χ2n) is 7.47. The van der Waals surface area contributed by atoms with E-state index < -0.39 is 15.8 Å². The van der Waals surface area contributed by atoms with Crippen molar-refractivity contribution in [3.8, 4) is 0 Å². The number of benzene rings is 2. The summed E-state index contributed by atoms with van der Waals surface area (Å²) in [7, 11) is -3.68. The zero-order valence-corrected chi connectivity index (χ0v) is 18.2. The average molecular weight is 434 g/mol. The minimum Gasteiger partial charge on any atom is -0.339 e. The number of halogens is 1. The van der Waals surface area contributed by atoms with Crippen LogP contribution < -0.4 is 0 Å². The molecule has 0 saturated carbocycles. The van der Waals surface area contributed by atoms with Crippen molar-refractivity contribution in [3.63, 3.8) is 0 Å². The van der Waals surface area contributed by atoms with Gasteiger partial charge in [-0.3, -0.25) is 9.69 Å². The Balaban J connectivity index is 1.57. The summed E-state index contributed by atoms with van der Waals surface area (Å²) in [4.78, 5) is 16.7. The molecule has 8 heteroatoms. The van der Waals surface area contributed by atoms with E-state index in [-0.39, 0.29) is 23.9 Å². The quantitative estimate of drug-likeness (QED) is 0.673. The van der Waals surface area contributed by atoms with E-state index in [1.54, 1.807) is 4.90 Å². The van der Waals surface area contributed by atoms with E-state index in [9.17, 15) is 17.6 Å². The van der Waals surface area contributed by atoms with Crippen LogP contribution in [0.5, 0.6) is 0 Å². The van der Waals surface area contributed by atoms with Crippen LogP contribution in [0.4, 0.5) is 4.39 Å². The van der Waals surface area contributed by atoms with Gasteiger partial charge in [0.1, 0.15) is 5.82 Å². The SMILES string of the molecule is CCN(CC(=O)N1CCN(S(=O)(=O)c2ccc(F)cc2)CC1)Cc1ccccc1C. The molecular weight excluding hydrogens is 405 g/mol. The van der Waals surface area contributed by atoms with Crippen LogP contribution in [0.2, 0.25) is 0 Å². The summed E-state index contributed by atoms with van der Waals surface area (Å²) < 4.78 is 39.9. The molecule has 6 nitrogen and oxygen atoms in total. The van der Waals surface area contributed by atoms with Crippen LogP contribution in [0.15, 0.2) is 53.4 Å². The normalized spacial score (nSPS) is 15.5. The highest BCUT2D eigenvalue weighted by atomic mass is 32.2. The van der Waals surface area contributed by atoms with Crippen molar-refractivity contribution in [2.45, 2.75) is 25.3 Å². The predicted octanol–water partition coefficient (Wildman–Crippen LogP) is 2.49. The topological polar surface area (TPSA) is 60.9 Å². The Hall–Kier alpha value is -2.29. The Morgan fingerprint density at radius 1 is 1.03 bits per heavy atom. The first-order chi connectivity index (χ1) is 14.3. The number of rotatable bonds is 7. The molecule has 0 spiro atoms. The van der Waals surface area contributed by atoms with Gasteiger partial charge in [0.25, 0.3) is 0 Å². The van der Waals surface area contributed by atoms with Crippen molar-refractivity contribution in [2.24, 2.45) is 0 Å². The molecule has 0 aromatic heterocycles. The molecule has 2 aromatic rings. The molecule has 0 bridgehead atoms. The molecule has 0 N–H and O–H groups in total. The van der Waals surface area contributed by atoms with Gasteiger partial charge in [0.05, 0.1) is 11.4 Å². The molecule has 1 fully saturated rings. The highest BCUT2D eigenvalue weighted by Crippen LogP contribution is 2.18. The Labute approximate surface area is 177 Å². The molecule has 0 radical (unpaired) electrons. The summed E-state index contributed by atoms with van der Waals surface area (Å²) in [5.74, 6) is -0.472. The molecule has 2 aromatic carbocycles. The maximum Gasteiger partial charge on any atom is 0.243 e. The fourth-order valence-corrected chi connectivity index (χ4v) is 4.95. The Morgan fingerprint density at radius 3 is 2.27 bits per heavy atom. The third kappa shape index (κ3) is 5.24. The predicted molar refractivity (Wildman–Crippen MR) is 114 cm³/mol. The van der Waals surface area contributed by atoms with Gasteiger partial charge < -0.3 is 4.90 Å². The molecule has 1 aliphatic rings. The number of carbonyl (C=O) groups excluding carboxylic acids is 1.